The van der Waals surface area contributed by atoms with Crippen LogP contribution < -0.4 is 21.3 Å². The van der Waals surface area contributed by atoms with Crippen molar-refractivity contribution < 1.29 is 9.59 Å². The maximum absolute atomic E-state index is 12.2. The van der Waals surface area contributed by atoms with Crippen molar-refractivity contribution in [2.75, 3.05) is 23.7 Å². The van der Waals surface area contributed by atoms with Gasteiger partial charge in [-0.1, -0.05) is 31.2 Å². The van der Waals surface area contributed by atoms with Crippen molar-refractivity contribution >= 4 is 35.7 Å². The van der Waals surface area contributed by atoms with E-state index in [1.165, 1.54) is 0 Å². The third-order valence-corrected chi connectivity index (χ3v) is 4.86. The zero-order valence-corrected chi connectivity index (χ0v) is 16.9. The molecule has 2 aromatic rings. The molecule has 4 N–H and O–H groups in total. The van der Waals surface area contributed by atoms with Crippen molar-refractivity contribution in [1.82, 2.24) is 10.6 Å². The number of benzene rings is 2. The number of aryl methyl sites for hydroxylation is 1. The molecule has 28 heavy (non-hydrogen) atoms. The van der Waals surface area contributed by atoms with Crippen LogP contribution in [0.3, 0.4) is 0 Å². The number of carbonyl (C=O) groups is 2. The molecule has 1 aliphatic rings. The van der Waals surface area contributed by atoms with Crippen LogP contribution in [0.25, 0.3) is 0 Å². The number of carbonyl (C=O) groups excluding carboxylic acids is 2. The predicted octanol–water partition coefficient (Wildman–Crippen LogP) is 3.53. The van der Waals surface area contributed by atoms with Gasteiger partial charge < -0.3 is 21.3 Å². The summed E-state index contributed by atoms with van der Waals surface area (Å²) in [5.74, 6) is 0.494. The number of hydrogen-bond acceptors (Lipinski definition) is 3. The highest BCUT2D eigenvalue weighted by atomic mass is 35.5. The summed E-state index contributed by atoms with van der Waals surface area (Å²) < 4.78 is 0. The van der Waals surface area contributed by atoms with Crippen molar-refractivity contribution in [2.45, 2.75) is 20.4 Å². The van der Waals surface area contributed by atoms with Crippen molar-refractivity contribution in [3.05, 3.63) is 59.7 Å². The lowest BCUT2D eigenvalue weighted by atomic mass is 9.88. The number of rotatable bonds is 6. The van der Waals surface area contributed by atoms with E-state index in [1.807, 2.05) is 62.4 Å². The average Bonchev–Trinajstić information content (AvgIpc) is 2.58. The van der Waals surface area contributed by atoms with Gasteiger partial charge in [-0.05, 0) is 61.3 Å². The molecule has 0 saturated carbocycles. The van der Waals surface area contributed by atoms with E-state index >= 15 is 0 Å². The molecule has 1 atom stereocenters. The van der Waals surface area contributed by atoms with E-state index in [1.54, 1.807) is 0 Å². The van der Waals surface area contributed by atoms with Gasteiger partial charge in [0.15, 0.2) is 0 Å². The van der Waals surface area contributed by atoms with E-state index in [9.17, 15) is 9.59 Å². The van der Waals surface area contributed by atoms with Gasteiger partial charge in [-0.2, -0.15) is 0 Å². The lowest BCUT2D eigenvalue weighted by molar-refractivity contribution is -0.126. The SMILES string of the molecule is Cc1cccc(NC(=O)Nc2cccc(CNC(=O)C(C)C3CNC3)c2)c1.Cl. The van der Waals surface area contributed by atoms with Crippen LogP contribution >= 0.6 is 12.4 Å². The molecular weight excluding hydrogens is 376 g/mol. The van der Waals surface area contributed by atoms with Gasteiger partial charge in [-0.25, -0.2) is 4.79 Å². The second kappa shape index (κ2) is 10.1. The van der Waals surface area contributed by atoms with Gasteiger partial charge in [0.2, 0.25) is 5.91 Å². The summed E-state index contributed by atoms with van der Waals surface area (Å²) in [6.45, 7) is 6.20. The first kappa shape index (κ1) is 21.7. The van der Waals surface area contributed by atoms with Crippen LogP contribution in [0.4, 0.5) is 16.2 Å². The molecule has 1 heterocycles. The number of nitrogens with one attached hydrogen (secondary N) is 4. The number of amides is 3. The molecule has 2 aromatic carbocycles. The van der Waals surface area contributed by atoms with Crippen LogP contribution in [0.1, 0.15) is 18.1 Å². The standard InChI is InChI=1S/C21H26N4O2.ClH/c1-14-5-3-7-18(9-14)24-21(27)25-19-8-4-6-16(10-19)11-23-20(26)15(2)17-12-22-13-17;/h3-10,15,17,22H,11-13H2,1-2H3,(H,23,26)(H2,24,25,27);1H. The molecule has 1 fully saturated rings. The van der Waals surface area contributed by atoms with Crippen LogP contribution in [0.15, 0.2) is 48.5 Å². The van der Waals surface area contributed by atoms with Gasteiger partial charge in [0.1, 0.15) is 0 Å². The largest absolute Gasteiger partial charge is 0.352 e. The molecule has 0 aromatic heterocycles. The molecule has 6 nitrogen and oxygen atoms in total. The first-order valence-corrected chi connectivity index (χ1v) is 9.23. The molecule has 3 amide bonds. The third kappa shape index (κ3) is 5.97. The molecule has 0 spiro atoms. The van der Waals surface area contributed by atoms with Gasteiger partial charge in [-0.3, -0.25) is 4.79 Å². The molecule has 1 aliphatic heterocycles. The third-order valence-electron chi connectivity index (χ3n) is 4.86. The predicted molar refractivity (Wildman–Crippen MR) is 115 cm³/mol. The van der Waals surface area contributed by atoms with Crippen LogP contribution in [-0.4, -0.2) is 25.0 Å². The second-order valence-electron chi connectivity index (χ2n) is 7.07. The maximum Gasteiger partial charge on any atom is 0.323 e. The second-order valence-corrected chi connectivity index (χ2v) is 7.07. The Morgan fingerprint density at radius 3 is 2.32 bits per heavy atom. The van der Waals surface area contributed by atoms with E-state index < -0.39 is 0 Å². The van der Waals surface area contributed by atoms with Gasteiger partial charge in [-0.15, -0.1) is 12.4 Å². The Labute approximate surface area is 171 Å². The first-order valence-electron chi connectivity index (χ1n) is 9.23. The van der Waals surface area contributed by atoms with Gasteiger partial charge >= 0.3 is 6.03 Å². The minimum atomic E-state index is -0.298. The number of urea groups is 1. The van der Waals surface area contributed by atoms with Gasteiger partial charge in [0, 0.05) is 23.8 Å². The Morgan fingerprint density at radius 2 is 1.71 bits per heavy atom. The molecule has 0 bridgehead atoms. The fourth-order valence-electron chi connectivity index (χ4n) is 3.00. The topological polar surface area (TPSA) is 82.3 Å². The smallest absolute Gasteiger partial charge is 0.323 e. The monoisotopic (exact) mass is 402 g/mol. The molecule has 7 heteroatoms. The lowest BCUT2D eigenvalue weighted by Gasteiger charge is -2.31. The summed E-state index contributed by atoms with van der Waals surface area (Å²) >= 11 is 0. The highest BCUT2D eigenvalue weighted by Crippen LogP contribution is 2.17. The van der Waals surface area contributed by atoms with Crippen molar-refractivity contribution in [2.24, 2.45) is 11.8 Å². The Hall–Kier alpha value is -2.57. The molecule has 0 radical (unpaired) electrons. The van der Waals surface area contributed by atoms with Crippen LogP contribution in [0.5, 0.6) is 0 Å². The molecule has 3 rings (SSSR count). The normalized spacial score (nSPS) is 14.2. The highest BCUT2D eigenvalue weighted by molar-refractivity contribution is 5.99. The summed E-state index contributed by atoms with van der Waals surface area (Å²) in [6, 6.07) is 14.8. The molecule has 0 aliphatic carbocycles. The average molecular weight is 403 g/mol. The summed E-state index contributed by atoms with van der Waals surface area (Å²) in [7, 11) is 0. The fraction of sp³-hybridized carbons (Fsp3) is 0.333. The summed E-state index contributed by atoms with van der Waals surface area (Å²) in [5, 5.41) is 11.8. The van der Waals surface area contributed by atoms with Gasteiger partial charge in [0.25, 0.3) is 0 Å². The quantitative estimate of drug-likeness (QED) is 0.596. The number of anilines is 2. The maximum atomic E-state index is 12.2. The number of halogens is 1. The highest BCUT2D eigenvalue weighted by Gasteiger charge is 2.28. The van der Waals surface area contributed by atoms with E-state index in [0.717, 1.165) is 29.9 Å². The van der Waals surface area contributed by atoms with E-state index in [4.69, 9.17) is 0 Å². The Morgan fingerprint density at radius 1 is 1.07 bits per heavy atom. The summed E-state index contributed by atoms with van der Waals surface area (Å²) in [6.07, 6.45) is 0. The minimum absolute atomic E-state index is 0. The minimum Gasteiger partial charge on any atom is -0.352 e. The molecule has 1 saturated heterocycles. The van der Waals surface area contributed by atoms with Crippen molar-refractivity contribution in [3.8, 4) is 0 Å². The summed E-state index contributed by atoms with van der Waals surface area (Å²) in [4.78, 5) is 24.4. The van der Waals surface area contributed by atoms with E-state index in [-0.39, 0.29) is 30.3 Å². The zero-order valence-electron chi connectivity index (χ0n) is 16.1. The van der Waals surface area contributed by atoms with Crippen LogP contribution in [-0.2, 0) is 11.3 Å². The number of hydrogen-bond donors (Lipinski definition) is 4. The molecular formula is C21H27ClN4O2. The molecule has 150 valence electrons. The fourth-order valence-corrected chi connectivity index (χ4v) is 3.00. The van der Waals surface area contributed by atoms with Crippen LogP contribution in [0, 0.1) is 18.8 Å². The van der Waals surface area contributed by atoms with Crippen molar-refractivity contribution in [3.63, 3.8) is 0 Å². The Balaban J connectivity index is 0.00000280. The van der Waals surface area contributed by atoms with Crippen molar-refractivity contribution in [1.29, 1.82) is 0 Å². The van der Waals surface area contributed by atoms with Crippen LogP contribution in [0.2, 0.25) is 0 Å². The van der Waals surface area contributed by atoms with E-state index in [0.29, 0.717) is 18.2 Å². The lowest BCUT2D eigenvalue weighted by Crippen LogP contribution is -2.49. The zero-order chi connectivity index (χ0) is 19.2. The first-order chi connectivity index (χ1) is 13.0. The summed E-state index contributed by atoms with van der Waals surface area (Å²) in [5.41, 5.74) is 3.45. The Kier molecular flexibility index (Phi) is 7.84. The Bertz CT molecular complexity index is 824. The van der Waals surface area contributed by atoms with E-state index in [2.05, 4.69) is 21.3 Å². The van der Waals surface area contributed by atoms with Gasteiger partial charge in [0.05, 0.1) is 0 Å². The molecule has 1 unspecified atom stereocenters.